The molecule has 8 heteroatoms. The van der Waals surface area contributed by atoms with Crippen LogP contribution < -0.4 is 0 Å². The molecule has 0 radical (unpaired) electrons. The van der Waals surface area contributed by atoms with E-state index in [-0.39, 0.29) is 12.3 Å². The SMILES string of the molecule is ClB1C(c2ccc(Br)cc2)=C2CCCC23B(Cl)C1(c1ccc(Br)cc1)C1=C(CCC1)C(c1ccc(Br)cc1)=C3c1ccc(Br)cc1. The molecule has 1 saturated carbocycles. The largest absolute Gasteiger partial charge is 0.292 e. The third-order valence-corrected chi connectivity index (χ3v) is 14.2. The molecular weight excluding hydrogens is 869 g/mol. The van der Waals surface area contributed by atoms with Gasteiger partial charge in [-0.25, -0.2) is 0 Å². The Labute approximate surface area is 315 Å². The highest BCUT2D eigenvalue weighted by Crippen LogP contribution is 2.74. The molecule has 1 spiro atoms. The first-order chi connectivity index (χ1) is 22.3. The van der Waals surface area contributed by atoms with Crippen molar-refractivity contribution in [1.29, 1.82) is 0 Å². The van der Waals surface area contributed by atoms with E-state index in [4.69, 9.17) is 22.9 Å². The topological polar surface area (TPSA) is 0 Å². The Morgan fingerprint density at radius 3 is 1.63 bits per heavy atom. The zero-order chi connectivity index (χ0) is 31.8. The van der Waals surface area contributed by atoms with Crippen LogP contribution in [0.3, 0.4) is 0 Å². The molecule has 0 aromatic heterocycles. The van der Waals surface area contributed by atoms with E-state index in [1.807, 2.05) is 0 Å². The number of fused-ring (bicyclic) bond motifs is 2. The van der Waals surface area contributed by atoms with E-state index < -0.39 is 10.5 Å². The number of hydrogen-bond donors (Lipinski definition) is 0. The average Bonchev–Trinajstić information content (AvgIpc) is 3.71. The summed E-state index contributed by atoms with van der Waals surface area (Å²) in [6.45, 7) is 0. The fourth-order valence-corrected chi connectivity index (χ4v) is 11.6. The van der Waals surface area contributed by atoms with E-state index in [0.717, 1.165) is 56.4 Å². The summed E-state index contributed by atoms with van der Waals surface area (Å²) in [5, 5.41) is -1.04. The lowest BCUT2D eigenvalue weighted by molar-refractivity contribution is 0.749. The predicted octanol–water partition coefficient (Wildman–Crippen LogP) is 13.5. The minimum Gasteiger partial charge on any atom is -0.194 e. The highest BCUT2D eigenvalue weighted by molar-refractivity contribution is 9.11. The van der Waals surface area contributed by atoms with Crippen LogP contribution in [-0.2, 0) is 5.21 Å². The van der Waals surface area contributed by atoms with Crippen molar-refractivity contribution >= 4 is 116 Å². The normalized spacial score (nSPS) is 24.0. The first kappa shape index (κ1) is 32.0. The van der Waals surface area contributed by atoms with Crippen molar-refractivity contribution in [3.8, 4) is 0 Å². The molecule has 228 valence electrons. The second-order valence-electron chi connectivity index (χ2n) is 12.9. The lowest BCUT2D eigenvalue weighted by atomic mass is 9.16. The second-order valence-corrected chi connectivity index (χ2v) is 17.4. The smallest absolute Gasteiger partial charge is 0.194 e. The molecule has 8 rings (SSSR count). The van der Waals surface area contributed by atoms with Gasteiger partial charge in [-0.3, -0.25) is 0 Å². The molecule has 2 bridgehead atoms. The molecular formula is C38H28B2Br4Cl2. The summed E-state index contributed by atoms with van der Waals surface area (Å²) >= 11 is 31.4. The minimum atomic E-state index is -0.608. The standard InChI is InChI=1S/C38H28B2Br4Cl2/c41-27-14-6-23(7-15-27)34-31-3-1-4-32(31)38(26-12-20-30(44)21-13-26)39(45)36(25-10-18-29(43)19-11-25)33-5-2-22-37(33,40(38)46)35(34)24-8-16-28(42)17-9-24/h6-21H,1-5,22H2. The van der Waals surface area contributed by atoms with Gasteiger partial charge in [0.05, 0.1) is 0 Å². The summed E-state index contributed by atoms with van der Waals surface area (Å²) in [6.07, 6.45) is 5.47. The number of rotatable bonds is 4. The predicted molar refractivity (Wildman–Crippen MR) is 213 cm³/mol. The quantitative estimate of drug-likeness (QED) is 0.179. The van der Waals surface area contributed by atoms with Crippen molar-refractivity contribution in [2.75, 3.05) is 0 Å². The van der Waals surface area contributed by atoms with E-state index in [1.54, 1.807) is 0 Å². The summed E-state index contributed by atoms with van der Waals surface area (Å²) in [6, 6.07) is 35.5. The molecule has 2 heterocycles. The van der Waals surface area contributed by atoms with Crippen molar-refractivity contribution in [2.24, 2.45) is 0 Å². The lowest BCUT2D eigenvalue weighted by Gasteiger charge is -2.53. The second kappa shape index (κ2) is 12.3. The molecule has 4 aromatic rings. The Bertz CT molecular complexity index is 1950. The number of allylic oxidation sites excluding steroid dienone is 5. The third kappa shape index (κ3) is 4.71. The minimum absolute atomic E-state index is 0.282. The first-order valence-electron chi connectivity index (χ1n) is 15.8. The summed E-state index contributed by atoms with van der Waals surface area (Å²) < 4.78 is 4.27. The maximum absolute atomic E-state index is 8.38. The molecule has 0 N–H and O–H groups in total. The van der Waals surface area contributed by atoms with Gasteiger partial charge in [-0.2, -0.15) is 22.9 Å². The van der Waals surface area contributed by atoms with Crippen molar-refractivity contribution in [3.05, 3.63) is 154 Å². The zero-order valence-electron chi connectivity index (χ0n) is 24.9. The van der Waals surface area contributed by atoms with E-state index in [2.05, 4.69) is 161 Å². The number of hydrogen-bond acceptors (Lipinski definition) is 0. The van der Waals surface area contributed by atoms with Gasteiger partial charge in [0.1, 0.15) is 0 Å². The van der Waals surface area contributed by atoms with Crippen LogP contribution in [0.5, 0.6) is 0 Å². The van der Waals surface area contributed by atoms with E-state index in [0.29, 0.717) is 0 Å². The van der Waals surface area contributed by atoms with Gasteiger partial charge in [0.25, 0.3) is 12.3 Å². The van der Waals surface area contributed by atoms with Crippen molar-refractivity contribution in [3.63, 3.8) is 0 Å². The van der Waals surface area contributed by atoms with Crippen LogP contribution in [0.15, 0.2) is 132 Å². The fourth-order valence-electron chi connectivity index (χ4n) is 9.13. The molecule has 1 fully saturated rings. The molecule has 46 heavy (non-hydrogen) atoms. The van der Waals surface area contributed by atoms with Gasteiger partial charge in [0.2, 0.25) is 0 Å². The van der Waals surface area contributed by atoms with Gasteiger partial charge in [-0.05, 0) is 126 Å². The molecule has 0 saturated heterocycles. The highest BCUT2D eigenvalue weighted by atomic mass is 79.9. The molecule has 2 atom stereocenters. The van der Waals surface area contributed by atoms with Crippen LogP contribution in [-0.4, -0.2) is 12.3 Å². The van der Waals surface area contributed by atoms with E-state index >= 15 is 0 Å². The Morgan fingerprint density at radius 2 is 1.04 bits per heavy atom. The van der Waals surface area contributed by atoms with Crippen LogP contribution in [0.25, 0.3) is 16.6 Å². The monoisotopic (exact) mass is 892 g/mol. The number of halogens is 6. The van der Waals surface area contributed by atoms with Crippen LogP contribution in [0, 0.1) is 0 Å². The molecule has 4 aromatic carbocycles. The van der Waals surface area contributed by atoms with Crippen LogP contribution in [0.1, 0.15) is 60.8 Å². The Kier molecular flexibility index (Phi) is 8.51. The van der Waals surface area contributed by atoms with Gasteiger partial charge in [0, 0.05) is 28.4 Å². The third-order valence-electron chi connectivity index (χ3n) is 10.8. The maximum atomic E-state index is 8.38. The molecule has 2 aliphatic carbocycles. The van der Waals surface area contributed by atoms with Gasteiger partial charge in [0.15, 0.2) is 0 Å². The van der Waals surface area contributed by atoms with E-state index in [9.17, 15) is 0 Å². The molecule has 0 nitrogen and oxygen atoms in total. The van der Waals surface area contributed by atoms with E-state index in [1.165, 1.54) is 55.6 Å². The molecule has 2 unspecified atom stereocenters. The van der Waals surface area contributed by atoms with Crippen molar-refractivity contribution < 1.29 is 0 Å². The van der Waals surface area contributed by atoms with Crippen LogP contribution in [0.4, 0.5) is 0 Å². The average molecular weight is 897 g/mol. The summed E-state index contributed by atoms with van der Waals surface area (Å²) in [5.41, 5.74) is 13.1. The van der Waals surface area contributed by atoms with Crippen LogP contribution in [0.2, 0.25) is 5.31 Å². The Balaban J connectivity index is 1.59. The molecule has 4 aliphatic rings. The van der Waals surface area contributed by atoms with Crippen molar-refractivity contribution in [1.82, 2.24) is 0 Å². The zero-order valence-corrected chi connectivity index (χ0v) is 32.8. The van der Waals surface area contributed by atoms with Gasteiger partial charge in [-0.15, -0.1) is 0 Å². The Hall–Kier alpha value is -1.27. The highest BCUT2D eigenvalue weighted by Gasteiger charge is 2.70. The molecule has 2 aliphatic heterocycles. The molecule has 0 amide bonds. The Morgan fingerprint density at radius 1 is 0.543 bits per heavy atom. The fraction of sp³-hybridized carbons (Fsp3) is 0.211. The van der Waals surface area contributed by atoms with Gasteiger partial charge >= 0.3 is 0 Å². The maximum Gasteiger partial charge on any atom is 0.292 e. The van der Waals surface area contributed by atoms with Gasteiger partial charge < -0.3 is 0 Å². The summed E-state index contributed by atoms with van der Waals surface area (Å²) in [7, 11) is 0. The van der Waals surface area contributed by atoms with Crippen molar-refractivity contribution in [2.45, 2.75) is 49.1 Å². The summed E-state index contributed by atoms with van der Waals surface area (Å²) in [5.74, 6) is 0. The number of benzene rings is 4. The van der Waals surface area contributed by atoms with Gasteiger partial charge in [-0.1, -0.05) is 129 Å². The first-order valence-corrected chi connectivity index (χ1v) is 19.8. The van der Waals surface area contributed by atoms with Crippen LogP contribution >= 0.6 is 86.6 Å². The lowest BCUT2D eigenvalue weighted by Crippen LogP contribution is -2.60. The summed E-state index contributed by atoms with van der Waals surface area (Å²) in [4.78, 5) is 0.